The summed E-state index contributed by atoms with van der Waals surface area (Å²) in [6, 6.07) is 8.41. The number of nitrogens with one attached hydrogen (secondary N) is 2. The molecule has 0 aliphatic heterocycles. The van der Waals surface area contributed by atoms with E-state index in [-0.39, 0.29) is 0 Å². The number of aromatic nitrogens is 1. The summed E-state index contributed by atoms with van der Waals surface area (Å²) in [6.07, 6.45) is 2.01. The highest BCUT2D eigenvalue weighted by atomic mass is 15.1. The molecule has 0 spiro atoms. The molecule has 0 saturated carbocycles. The smallest absolute Gasteiger partial charge is 0.188 e. The molecule has 114 valence electrons. The van der Waals surface area contributed by atoms with Gasteiger partial charge in [0.05, 0.1) is 0 Å². The minimum Gasteiger partial charge on any atom is -0.370 e. The number of para-hydroxylation sites is 1. The van der Waals surface area contributed by atoms with E-state index in [0.29, 0.717) is 11.9 Å². The first-order valence-electron chi connectivity index (χ1n) is 7.68. The number of hydrogen-bond acceptors (Lipinski definition) is 1. The van der Waals surface area contributed by atoms with E-state index in [9.17, 15) is 0 Å². The van der Waals surface area contributed by atoms with Crippen LogP contribution < -0.4 is 11.1 Å². The van der Waals surface area contributed by atoms with Crippen molar-refractivity contribution in [1.29, 1.82) is 0 Å². The molecule has 0 radical (unpaired) electrons. The van der Waals surface area contributed by atoms with Crippen LogP contribution in [0.25, 0.3) is 10.9 Å². The molecule has 2 rings (SSSR count). The van der Waals surface area contributed by atoms with Gasteiger partial charge >= 0.3 is 0 Å². The topological polar surface area (TPSA) is 66.2 Å². The number of rotatable bonds is 6. The van der Waals surface area contributed by atoms with Crippen molar-refractivity contribution >= 4 is 16.9 Å². The van der Waals surface area contributed by atoms with Crippen molar-refractivity contribution in [2.45, 2.75) is 33.6 Å². The zero-order valence-electron chi connectivity index (χ0n) is 13.2. The molecule has 1 heterocycles. The lowest BCUT2D eigenvalue weighted by Gasteiger charge is -2.07. The molecule has 4 nitrogen and oxygen atoms in total. The molecular weight excluding hydrogens is 260 g/mol. The first-order chi connectivity index (χ1) is 10.1. The van der Waals surface area contributed by atoms with Gasteiger partial charge in [0, 0.05) is 29.7 Å². The van der Waals surface area contributed by atoms with Crippen molar-refractivity contribution in [3.63, 3.8) is 0 Å². The summed E-state index contributed by atoms with van der Waals surface area (Å²) in [7, 11) is 0. The Balaban J connectivity index is 1.89. The Labute approximate surface area is 126 Å². The van der Waals surface area contributed by atoms with Gasteiger partial charge < -0.3 is 16.0 Å². The van der Waals surface area contributed by atoms with Crippen molar-refractivity contribution in [3.8, 4) is 0 Å². The number of aromatic amines is 1. The number of nitrogens with two attached hydrogens (primary N) is 1. The maximum atomic E-state index is 5.88. The van der Waals surface area contributed by atoms with Gasteiger partial charge in [-0.2, -0.15) is 0 Å². The van der Waals surface area contributed by atoms with E-state index in [1.54, 1.807) is 0 Å². The fourth-order valence-corrected chi connectivity index (χ4v) is 2.47. The molecular formula is C17H26N4. The zero-order chi connectivity index (χ0) is 15.2. The Morgan fingerprint density at radius 3 is 2.86 bits per heavy atom. The summed E-state index contributed by atoms with van der Waals surface area (Å²) >= 11 is 0. The number of guanidine groups is 1. The second-order valence-electron chi connectivity index (χ2n) is 5.90. The van der Waals surface area contributed by atoms with Crippen molar-refractivity contribution < 1.29 is 0 Å². The summed E-state index contributed by atoms with van der Waals surface area (Å²) < 4.78 is 0. The van der Waals surface area contributed by atoms with E-state index < -0.39 is 0 Å². The van der Waals surface area contributed by atoms with Crippen LogP contribution in [0.4, 0.5) is 0 Å². The third-order valence-corrected chi connectivity index (χ3v) is 3.70. The lowest BCUT2D eigenvalue weighted by molar-refractivity contribution is 0.595. The molecule has 2 aromatic rings. The van der Waals surface area contributed by atoms with Gasteiger partial charge in [-0.25, -0.2) is 0 Å². The average Bonchev–Trinajstić information content (AvgIpc) is 2.75. The summed E-state index contributed by atoms with van der Waals surface area (Å²) in [5.41, 5.74) is 9.66. The lowest BCUT2D eigenvalue weighted by Crippen LogP contribution is -2.33. The number of aryl methyl sites for hydroxylation is 1. The second kappa shape index (κ2) is 7.16. The van der Waals surface area contributed by atoms with E-state index in [0.717, 1.165) is 25.9 Å². The van der Waals surface area contributed by atoms with Gasteiger partial charge in [0.2, 0.25) is 0 Å². The lowest BCUT2D eigenvalue weighted by atomic mass is 10.1. The maximum Gasteiger partial charge on any atom is 0.188 e. The Bertz CT molecular complexity index is 610. The van der Waals surface area contributed by atoms with Crippen LogP contribution in [0.15, 0.2) is 29.3 Å². The molecule has 0 bridgehead atoms. The summed E-state index contributed by atoms with van der Waals surface area (Å²) in [5.74, 6) is 1.21. The SMILES string of the molecule is Cc1[nH]c2ccccc2c1CCNC(N)=NCCC(C)C. The number of aliphatic imine (C=N–C) groups is 1. The molecule has 0 aliphatic rings. The largest absolute Gasteiger partial charge is 0.370 e. The van der Waals surface area contributed by atoms with Gasteiger partial charge in [0.15, 0.2) is 5.96 Å². The number of nitrogens with zero attached hydrogens (tertiary/aromatic N) is 1. The summed E-state index contributed by atoms with van der Waals surface area (Å²) in [5, 5.41) is 4.50. The highest BCUT2D eigenvalue weighted by molar-refractivity contribution is 5.84. The first kappa shape index (κ1) is 15.4. The third kappa shape index (κ3) is 4.25. The zero-order valence-corrected chi connectivity index (χ0v) is 13.2. The van der Waals surface area contributed by atoms with Crippen LogP contribution in [0.5, 0.6) is 0 Å². The van der Waals surface area contributed by atoms with Gasteiger partial charge in [0.25, 0.3) is 0 Å². The molecule has 0 amide bonds. The average molecular weight is 286 g/mol. The number of benzene rings is 1. The fraction of sp³-hybridized carbons (Fsp3) is 0.471. The molecule has 0 saturated heterocycles. The monoisotopic (exact) mass is 286 g/mol. The van der Waals surface area contributed by atoms with Gasteiger partial charge in [-0.3, -0.25) is 4.99 Å². The molecule has 0 unspecified atom stereocenters. The molecule has 4 N–H and O–H groups in total. The highest BCUT2D eigenvalue weighted by Gasteiger charge is 2.07. The van der Waals surface area contributed by atoms with E-state index in [1.807, 2.05) is 0 Å². The van der Waals surface area contributed by atoms with Crippen molar-refractivity contribution in [2.24, 2.45) is 16.6 Å². The van der Waals surface area contributed by atoms with Gasteiger partial charge in [-0.1, -0.05) is 32.0 Å². The Morgan fingerprint density at radius 1 is 1.33 bits per heavy atom. The normalized spacial score (nSPS) is 12.3. The van der Waals surface area contributed by atoms with Crippen LogP contribution in [0.1, 0.15) is 31.5 Å². The Kier molecular flexibility index (Phi) is 5.26. The van der Waals surface area contributed by atoms with E-state index in [1.165, 1.54) is 22.2 Å². The second-order valence-corrected chi connectivity index (χ2v) is 5.90. The van der Waals surface area contributed by atoms with Crippen LogP contribution in [0, 0.1) is 12.8 Å². The molecule has 4 heteroatoms. The number of hydrogen-bond donors (Lipinski definition) is 3. The third-order valence-electron chi connectivity index (χ3n) is 3.70. The van der Waals surface area contributed by atoms with E-state index in [2.05, 4.69) is 60.3 Å². The fourth-order valence-electron chi connectivity index (χ4n) is 2.47. The van der Waals surface area contributed by atoms with Gasteiger partial charge in [-0.15, -0.1) is 0 Å². The molecule has 0 aliphatic carbocycles. The van der Waals surface area contributed by atoms with Gasteiger partial charge in [-0.05, 0) is 37.3 Å². The standard InChI is InChI=1S/C17H26N4/c1-12(2)8-10-19-17(18)20-11-9-14-13(3)21-16-7-5-4-6-15(14)16/h4-7,12,21H,8-11H2,1-3H3,(H3,18,19,20). The Hall–Kier alpha value is -1.97. The van der Waals surface area contributed by atoms with Crippen molar-refractivity contribution in [1.82, 2.24) is 10.3 Å². The minimum atomic E-state index is 0.549. The molecule has 0 fully saturated rings. The maximum absolute atomic E-state index is 5.88. The van der Waals surface area contributed by atoms with E-state index >= 15 is 0 Å². The number of H-pyrrole nitrogens is 1. The Morgan fingerprint density at radius 2 is 2.10 bits per heavy atom. The highest BCUT2D eigenvalue weighted by Crippen LogP contribution is 2.21. The van der Waals surface area contributed by atoms with Crippen molar-refractivity contribution in [3.05, 3.63) is 35.5 Å². The molecule has 1 aromatic carbocycles. The minimum absolute atomic E-state index is 0.549. The van der Waals surface area contributed by atoms with Crippen LogP contribution in [0.2, 0.25) is 0 Å². The molecule has 21 heavy (non-hydrogen) atoms. The summed E-state index contributed by atoms with van der Waals surface area (Å²) in [4.78, 5) is 7.77. The predicted molar refractivity (Wildman–Crippen MR) is 90.7 cm³/mol. The molecule has 0 atom stereocenters. The predicted octanol–water partition coefficient (Wildman–Crippen LogP) is 2.97. The van der Waals surface area contributed by atoms with Crippen molar-refractivity contribution in [2.75, 3.05) is 13.1 Å². The number of fused-ring (bicyclic) bond motifs is 1. The van der Waals surface area contributed by atoms with Crippen LogP contribution in [-0.4, -0.2) is 24.0 Å². The van der Waals surface area contributed by atoms with Crippen LogP contribution in [-0.2, 0) is 6.42 Å². The molecule has 1 aromatic heterocycles. The van der Waals surface area contributed by atoms with E-state index in [4.69, 9.17) is 5.73 Å². The summed E-state index contributed by atoms with van der Waals surface area (Å²) in [6.45, 7) is 8.11. The van der Waals surface area contributed by atoms with Crippen LogP contribution >= 0.6 is 0 Å². The first-order valence-corrected chi connectivity index (χ1v) is 7.68. The quantitative estimate of drug-likeness (QED) is 0.564. The van der Waals surface area contributed by atoms with Gasteiger partial charge in [0.1, 0.15) is 0 Å². The van der Waals surface area contributed by atoms with Crippen LogP contribution in [0.3, 0.4) is 0 Å².